The number of ether oxygens (including phenoxy) is 2. The molecule has 152 valence electrons. The van der Waals surface area contributed by atoms with Gasteiger partial charge in [-0.15, -0.1) is 0 Å². The third-order valence-corrected chi connectivity index (χ3v) is 5.20. The van der Waals surface area contributed by atoms with E-state index in [4.69, 9.17) is 9.47 Å². The van der Waals surface area contributed by atoms with Crippen LogP contribution in [0.15, 0.2) is 44.7 Å². The van der Waals surface area contributed by atoms with Crippen molar-refractivity contribution in [2.24, 2.45) is 5.10 Å². The van der Waals surface area contributed by atoms with E-state index in [-0.39, 0.29) is 28.7 Å². The van der Waals surface area contributed by atoms with Gasteiger partial charge in [-0.1, -0.05) is 29.8 Å². The number of methoxy groups -OCH3 is 2. The Morgan fingerprint density at radius 3 is 2.48 bits per heavy atom. The molecule has 0 unspecified atom stereocenters. The minimum absolute atomic E-state index is 0.0387. The van der Waals surface area contributed by atoms with Crippen LogP contribution in [-0.4, -0.2) is 35.2 Å². The molecule has 0 radical (unpaired) electrons. The van der Waals surface area contributed by atoms with Crippen molar-refractivity contribution in [3.05, 3.63) is 56.5 Å². The molecule has 0 amide bonds. The third-order valence-electron chi connectivity index (χ3n) is 4.71. The van der Waals surface area contributed by atoms with Crippen LogP contribution in [0.2, 0.25) is 0 Å². The summed E-state index contributed by atoms with van der Waals surface area (Å²) in [7, 11) is 2.90. The van der Waals surface area contributed by atoms with Gasteiger partial charge >= 0.3 is 0 Å². The van der Waals surface area contributed by atoms with Crippen molar-refractivity contribution < 1.29 is 14.6 Å². The molecule has 0 aliphatic carbocycles. The highest BCUT2D eigenvalue weighted by Gasteiger charge is 2.16. The fraction of sp³-hybridized carbons (Fsp3) is 0.286. The van der Waals surface area contributed by atoms with Gasteiger partial charge in [0.05, 0.1) is 31.3 Å². The van der Waals surface area contributed by atoms with Crippen LogP contribution in [0.1, 0.15) is 37.6 Å². The Labute approximate surface area is 176 Å². The van der Waals surface area contributed by atoms with Crippen molar-refractivity contribution in [2.75, 3.05) is 14.2 Å². The van der Waals surface area contributed by atoms with Gasteiger partial charge in [-0.3, -0.25) is 4.79 Å². The molecule has 0 aliphatic rings. The van der Waals surface area contributed by atoms with E-state index >= 15 is 0 Å². The second-order valence-corrected chi connectivity index (χ2v) is 7.49. The summed E-state index contributed by atoms with van der Waals surface area (Å²) in [6, 6.07) is 8.64. The number of hydrogen-bond donors (Lipinski definition) is 1. The first-order chi connectivity index (χ1) is 13.9. The predicted molar refractivity (Wildman–Crippen MR) is 117 cm³/mol. The quantitative estimate of drug-likeness (QED) is 0.555. The Morgan fingerprint density at radius 2 is 1.90 bits per heavy atom. The first kappa shape index (κ1) is 20.9. The monoisotopic (exact) mass is 459 g/mol. The number of halogens is 1. The Bertz CT molecular complexity index is 1120. The SMILES string of the molecule is CC[C@H](C)c1nc2ccc(Br)cc2c(=O)n1N=Cc1cc(OC)c(O)c(OC)c1. The minimum Gasteiger partial charge on any atom is -0.502 e. The Hall–Kier alpha value is -2.87. The van der Waals surface area contributed by atoms with Crippen LogP contribution in [0, 0.1) is 0 Å². The molecule has 0 aliphatic heterocycles. The highest BCUT2D eigenvalue weighted by Crippen LogP contribution is 2.36. The van der Waals surface area contributed by atoms with Crippen molar-refractivity contribution in [1.29, 1.82) is 0 Å². The Morgan fingerprint density at radius 1 is 1.24 bits per heavy atom. The van der Waals surface area contributed by atoms with Gasteiger partial charge in [0.2, 0.25) is 5.75 Å². The van der Waals surface area contributed by atoms with Crippen molar-refractivity contribution in [3.8, 4) is 17.2 Å². The maximum atomic E-state index is 13.1. The van der Waals surface area contributed by atoms with Gasteiger partial charge in [-0.25, -0.2) is 4.98 Å². The summed E-state index contributed by atoms with van der Waals surface area (Å²) >= 11 is 3.40. The van der Waals surface area contributed by atoms with Crippen LogP contribution in [0.3, 0.4) is 0 Å². The number of aromatic hydroxyl groups is 1. The zero-order valence-corrected chi connectivity index (χ0v) is 18.2. The molecule has 3 rings (SSSR count). The minimum atomic E-state index is -0.249. The van der Waals surface area contributed by atoms with Gasteiger partial charge in [-0.2, -0.15) is 9.78 Å². The largest absolute Gasteiger partial charge is 0.502 e. The molecular weight excluding hydrogens is 438 g/mol. The molecule has 0 bridgehead atoms. The van der Waals surface area contributed by atoms with E-state index in [1.807, 2.05) is 26.0 Å². The van der Waals surface area contributed by atoms with E-state index < -0.39 is 0 Å². The first-order valence-corrected chi connectivity index (χ1v) is 9.90. The molecule has 0 saturated heterocycles. The van der Waals surface area contributed by atoms with E-state index in [2.05, 4.69) is 26.0 Å². The summed E-state index contributed by atoms with van der Waals surface area (Å²) in [5.74, 6) is 1.03. The van der Waals surface area contributed by atoms with Gasteiger partial charge in [0.15, 0.2) is 11.5 Å². The molecule has 7 nitrogen and oxygen atoms in total. The highest BCUT2D eigenvalue weighted by molar-refractivity contribution is 9.10. The van der Waals surface area contributed by atoms with Gasteiger partial charge in [0.1, 0.15) is 5.82 Å². The van der Waals surface area contributed by atoms with Gasteiger partial charge < -0.3 is 14.6 Å². The molecule has 1 N–H and O–H groups in total. The third kappa shape index (κ3) is 4.12. The Balaban J connectivity index is 2.19. The lowest BCUT2D eigenvalue weighted by atomic mass is 10.1. The number of nitrogens with zero attached hydrogens (tertiary/aromatic N) is 3. The summed E-state index contributed by atoms with van der Waals surface area (Å²) in [6.07, 6.45) is 2.33. The van der Waals surface area contributed by atoms with E-state index in [9.17, 15) is 9.90 Å². The molecule has 2 aromatic carbocycles. The van der Waals surface area contributed by atoms with Crippen LogP contribution in [0.4, 0.5) is 0 Å². The molecular formula is C21H22BrN3O4. The van der Waals surface area contributed by atoms with Gasteiger partial charge in [0, 0.05) is 16.0 Å². The lowest BCUT2D eigenvalue weighted by Gasteiger charge is -2.14. The van der Waals surface area contributed by atoms with E-state index in [1.54, 1.807) is 18.2 Å². The predicted octanol–water partition coefficient (Wildman–Crippen LogP) is 4.28. The Kier molecular flexibility index (Phi) is 6.22. The summed E-state index contributed by atoms with van der Waals surface area (Å²) in [6.45, 7) is 4.04. The number of phenols is 1. The molecule has 1 aromatic heterocycles. The summed E-state index contributed by atoms with van der Waals surface area (Å²) < 4.78 is 12.5. The van der Waals surface area contributed by atoms with Crippen LogP contribution in [-0.2, 0) is 0 Å². The zero-order chi connectivity index (χ0) is 21.1. The van der Waals surface area contributed by atoms with E-state index in [1.165, 1.54) is 25.1 Å². The molecule has 0 saturated carbocycles. The molecule has 1 atom stereocenters. The standard InChI is InChI=1S/C21H22BrN3O4/c1-5-12(2)20-24-16-7-6-14(22)10-15(16)21(27)25(20)23-11-13-8-17(28-3)19(26)18(9-13)29-4/h6-12,26H,5H2,1-4H3/t12-/m0/s1. The maximum Gasteiger partial charge on any atom is 0.282 e. The van der Waals surface area contributed by atoms with Crippen LogP contribution < -0.4 is 15.0 Å². The maximum absolute atomic E-state index is 13.1. The summed E-state index contributed by atoms with van der Waals surface area (Å²) in [5, 5.41) is 15.0. The molecule has 0 fully saturated rings. The molecule has 3 aromatic rings. The average Bonchev–Trinajstić information content (AvgIpc) is 2.73. The summed E-state index contributed by atoms with van der Waals surface area (Å²) in [4.78, 5) is 17.8. The lowest BCUT2D eigenvalue weighted by molar-refractivity contribution is 0.340. The number of rotatable bonds is 6. The first-order valence-electron chi connectivity index (χ1n) is 9.11. The van der Waals surface area contributed by atoms with Crippen LogP contribution in [0.5, 0.6) is 17.2 Å². The second-order valence-electron chi connectivity index (χ2n) is 6.58. The molecule has 1 heterocycles. The number of benzene rings is 2. The van der Waals surface area contributed by atoms with Crippen molar-refractivity contribution in [1.82, 2.24) is 9.66 Å². The second kappa shape index (κ2) is 8.65. The van der Waals surface area contributed by atoms with Gasteiger partial charge in [0.25, 0.3) is 5.56 Å². The topological polar surface area (TPSA) is 85.9 Å². The summed E-state index contributed by atoms with van der Waals surface area (Å²) in [5.41, 5.74) is 0.987. The highest BCUT2D eigenvalue weighted by atomic mass is 79.9. The fourth-order valence-corrected chi connectivity index (χ4v) is 3.25. The average molecular weight is 460 g/mol. The molecule has 8 heteroatoms. The molecule has 29 heavy (non-hydrogen) atoms. The van der Waals surface area contributed by atoms with Crippen molar-refractivity contribution in [2.45, 2.75) is 26.2 Å². The van der Waals surface area contributed by atoms with Crippen LogP contribution in [0.25, 0.3) is 10.9 Å². The van der Waals surface area contributed by atoms with E-state index in [0.717, 1.165) is 10.9 Å². The fourth-order valence-electron chi connectivity index (χ4n) is 2.89. The number of phenolic OH excluding ortho intramolecular Hbond substituents is 1. The van der Waals surface area contributed by atoms with Crippen molar-refractivity contribution in [3.63, 3.8) is 0 Å². The normalized spacial score (nSPS) is 12.4. The van der Waals surface area contributed by atoms with E-state index in [0.29, 0.717) is 22.3 Å². The zero-order valence-electron chi connectivity index (χ0n) is 16.6. The van der Waals surface area contributed by atoms with Gasteiger partial charge in [-0.05, 0) is 36.8 Å². The number of fused-ring (bicyclic) bond motifs is 1. The lowest BCUT2D eigenvalue weighted by Crippen LogP contribution is -2.23. The van der Waals surface area contributed by atoms with Crippen molar-refractivity contribution >= 4 is 33.0 Å². The number of hydrogen-bond acceptors (Lipinski definition) is 6. The molecule has 0 spiro atoms. The van der Waals surface area contributed by atoms with Crippen LogP contribution >= 0.6 is 15.9 Å². The smallest absolute Gasteiger partial charge is 0.282 e. The number of aromatic nitrogens is 2.